The Labute approximate surface area is 64.5 Å². The molecule has 0 heterocycles. The molecule has 0 aromatic heterocycles. The molecule has 0 bridgehead atoms. The quantitative estimate of drug-likeness (QED) is 0.645. The highest BCUT2D eigenvalue weighted by molar-refractivity contribution is 4.73. The Hall–Kier alpha value is -0.0400. The first-order chi connectivity index (χ1) is 4.34. The van der Waals surface area contributed by atoms with Crippen LogP contribution in [-0.4, -0.2) is 10.7 Å². The van der Waals surface area contributed by atoms with Crippen molar-refractivity contribution < 1.29 is 5.11 Å². The molecule has 0 rings (SSSR count). The molecule has 0 aromatic carbocycles. The van der Waals surface area contributed by atoms with Crippen molar-refractivity contribution in [2.45, 2.75) is 46.6 Å². The van der Waals surface area contributed by atoms with Crippen molar-refractivity contribution in [3.05, 3.63) is 0 Å². The molecule has 62 valence electrons. The van der Waals surface area contributed by atoms with E-state index in [-0.39, 0.29) is 0 Å². The maximum atomic E-state index is 9.54. The molecular formula is C9H20O. The molecule has 1 nitrogen and oxygen atoms in total. The van der Waals surface area contributed by atoms with Gasteiger partial charge in [-0.1, -0.05) is 20.8 Å². The summed E-state index contributed by atoms with van der Waals surface area (Å²) in [6.45, 7) is 10.2. The minimum absolute atomic E-state index is 0.396. The lowest BCUT2D eigenvalue weighted by Gasteiger charge is -2.27. The van der Waals surface area contributed by atoms with E-state index in [0.717, 1.165) is 6.42 Å². The standard InChI is InChI=1S/C9H20O/c1-7(2)6-8(3)9(4,5)10/h7-8,10H,6H2,1-5H3/t8-/m0/s1. The van der Waals surface area contributed by atoms with Crippen LogP contribution in [0, 0.1) is 11.8 Å². The fourth-order valence-corrected chi connectivity index (χ4v) is 0.996. The lowest BCUT2D eigenvalue weighted by Crippen LogP contribution is -2.29. The summed E-state index contributed by atoms with van der Waals surface area (Å²) >= 11 is 0. The van der Waals surface area contributed by atoms with Crippen molar-refractivity contribution in [2.24, 2.45) is 11.8 Å². The van der Waals surface area contributed by atoms with Gasteiger partial charge < -0.3 is 5.11 Å². The van der Waals surface area contributed by atoms with Crippen molar-refractivity contribution in [2.75, 3.05) is 0 Å². The summed E-state index contributed by atoms with van der Waals surface area (Å²) in [6.07, 6.45) is 1.10. The Kier molecular flexibility index (Phi) is 3.37. The van der Waals surface area contributed by atoms with Gasteiger partial charge in [0.25, 0.3) is 0 Å². The third-order valence-electron chi connectivity index (χ3n) is 2.03. The van der Waals surface area contributed by atoms with Gasteiger partial charge in [0.2, 0.25) is 0 Å². The van der Waals surface area contributed by atoms with Gasteiger partial charge in [0.15, 0.2) is 0 Å². The summed E-state index contributed by atoms with van der Waals surface area (Å²) < 4.78 is 0. The van der Waals surface area contributed by atoms with Crippen LogP contribution in [0.15, 0.2) is 0 Å². The number of aliphatic hydroxyl groups is 1. The average molecular weight is 144 g/mol. The molecule has 0 amide bonds. The first kappa shape index (κ1) is 9.96. The second-order valence-electron chi connectivity index (χ2n) is 4.18. The average Bonchev–Trinajstić information content (AvgIpc) is 1.60. The fraction of sp³-hybridized carbons (Fsp3) is 1.00. The van der Waals surface area contributed by atoms with E-state index in [0.29, 0.717) is 11.8 Å². The molecule has 0 spiro atoms. The monoisotopic (exact) mass is 144 g/mol. The third kappa shape index (κ3) is 3.89. The summed E-state index contributed by atoms with van der Waals surface area (Å²) in [5, 5.41) is 9.54. The molecule has 0 unspecified atom stereocenters. The highest BCUT2D eigenvalue weighted by Gasteiger charge is 2.22. The van der Waals surface area contributed by atoms with E-state index in [1.54, 1.807) is 0 Å². The zero-order chi connectivity index (χ0) is 8.36. The molecule has 1 heteroatoms. The maximum absolute atomic E-state index is 9.54. The molecule has 1 atom stereocenters. The van der Waals surface area contributed by atoms with Crippen LogP contribution in [0.2, 0.25) is 0 Å². The Morgan fingerprint density at radius 2 is 1.60 bits per heavy atom. The smallest absolute Gasteiger partial charge is 0.0617 e. The Balaban J connectivity index is 3.73. The second-order valence-corrected chi connectivity index (χ2v) is 4.18. The lowest BCUT2D eigenvalue weighted by atomic mass is 9.86. The predicted octanol–water partition coefficient (Wildman–Crippen LogP) is 2.44. The molecule has 0 saturated carbocycles. The summed E-state index contributed by atoms with van der Waals surface area (Å²) in [6, 6.07) is 0. The van der Waals surface area contributed by atoms with Crippen molar-refractivity contribution in [3.8, 4) is 0 Å². The highest BCUT2D eigenvalue weighted by Crippen LogP contribution is 2.22. The summed E-state index contributed by atoms with van der Waals surface area (Å²) in [4.78, 5) is 0. The van der Waals surface area contributed by atoms with Crippen LogP contribution in [0.25, 0.3) is 0 Å². The van der Waals surface area contributed by atoms with Gasteiger partial charge in [0.05, 0.1) is 5.60 Å². The fourth-order valence-electron chi connectivity index (χ4n) is 0.996. The molecule has 0 aromatic rings. The van der Waals surface area contributed by atoms with Gasteiger partial charge in [-0.15, -0.1) is 0 Å². The van der Waals surface area contributed by atoms with Gasteiger partial charge in [0.1, 0.15) is 0 Å². The molecule has 0 saturated heterocycles. The van der Waals surface area contributed by atoms with Crippen LogP contribution in [0.1, 0.15) is 41.0 Å². The maximum Gasteiger partial charge on any atom is 0.0617 e. The number of hydrogen-bond donors (Lipinski definition) is 1. The van der Waals surface area contributed by atoms with E-state index in [2.05, 4.69) is 20.8 Å². The topological polar surface area (TPSA) is 20.2 Å². The van der Waals surface area contributed by atoms with Crippen LogP contribution in [0.5, 0.6) is 0 Å². The van der Waals surface area contributed by atoms with Crippen LogP contribution in [0.4, 0.5) is 0 Å². The third-order valence-corrected chi connectivity index (χ3v) is 2.03. The van der Waals surface area contributed by atoms with Crippen LogP contribution < -0.4 is 0 Å². The van der Waals surface area contributed by atoms with Crippen molar-refractivity contribution in [3.63, 3.8) is 0 Å². The van der Waals surface area contributed by atoms with Crippen molar-refractivity contribution in [1.29, 1.82) is 0 Å². The number of rotatable bonds is 3. The molecular weight excluding hydrogens is 124 g/mol. The molecule has 0 aliphatic rings. The van der Waals surface area contributed by atoms with Crippen molar-refractivity contribution >= 4 is 0 Å². The lowest BCUT2D eigenvalue weighted by molar-refractivity contribution is 0.0163. The van der Waals surface area contributed by atoms with Crippen molar-refractivity contribution in [1.82, 2.24) is 0 Å². The first-order valence-corrected chi connectivity index (χ1v) is 4.06. The van der Waals surface area contributed by atoms with Gasteiger partial charge in [-0.3, -0.25) is 0 Å². The van der Waals surface area contributed by atoms with E-state index >= 15 is 0 Å². The van der Waals surface area contributed by atoms with E-state index in [1.807, 2.05) is 13.8 Å². The molecule has 1 N–H and O–H groups in total. The predicted molar refractivity (Wildman–Crippen MR) is 44.9 cm³/mol. The van der Waals surface area contributed by atoms with Crippen LogP contribution in [-0.2, 0) is 0 Å². The zero-order valence-corrected chi connectivity index (χ0v) is 7.81. The summed E-state index contributed by atoms with van der Waals surface area (Å²) in [5.41, 5.74) is -0.510. The van der Waals surface area contributed by atoms with E-state index in [9.17, 15) is 5.11 Å². The van der Waals surface area contributed by atoms with Gasteiger partial charge in [-0.25, -0.2) is 0 Å². The van der Waals surface area contributed by atoms with Crippen LogP contribution >= 0.6 is 0 Å². The van der Waals surface area contributed by atoms with Gasteiger partial charge in [0, 0.05) is 0 Å². The molecule has 10 heavy (non-hydrogen) atoms. The second kappa shape index (κ2) is 3.38. The van der Waals surface area contributed by atoms with E-state index in [1.165, 1.54) is 0 Å². The molecule has 0 aliphatic heterocycles. The normalized spacial score (nSPS) is 15.9. The van der Waals surface area contributed by atoms with Crippen LogP contribution in [0.3, 0.4) is 0 Å². The largest absolute Gasteiger partial charge is 0.390 e. The molecule has 0 fully saturated rings. The minimum atomic E-state index is -0.510. The molecule has 0 radical (unpaired) electrons. The SMILES string of the molecule is CC(C)C[C@H](C)C(C)(C)O. The first-order valence-electron chi connectivity index (χ1n) is 4.06. The summed E-state index contributed by atoms with van der Waals surface area (Å²) in [5.74, 6) is 1.08. The minimum Gasteiger partial charge on any atom is -0.390 e. The summed E-state index contributed by atoms with van der Waals surface area (Å²) in [7, 11) is 0. The van der Waals surface area contributed by atoms with Gasteiger partial charge in [-0.2, -0.15) is 0 Å². The van der Waals surface area contributed by atoms with E-state index < -0.39 is 5.60 Å². The Bertz CT molecular complexity index is 89.4. The van der Waals surface area contributed by atoms with Gasteiger partial charge >= 0.3 is 0 Å². The zero-order valence-electron chi connectivity index (χ0n) is 7.81. The molecule has 0 aliphatic carbocycles. The Morgan fingerprint density at radius 1 is 1.20 bits per heavy atom. The number of hydrogen-bond acceptors (Lipinski definition) is 1. The highest BCUT2D eigenvalue weighted by atomic mass is 16.3. The Morgan fingerprint density at radius 3 is 1.70 bits per heavy atom. The van der Waals surface area contributed by atoms with Gasteiger partial charge in [-0.05, 0) is 32.1 Å². The van der Waals surface area contributed by atoms with E-state index in [4.69, 9.17) is 0 Å².